The Balaban J connectivity index is 1.80. The minimum absolute atomic E-state index is 0.518. The fourth-order valence-electron chi connectivity index (χ4n) is 1.46. The van der Waals surface area contributed by atoms with Crippen molar-refractivity contribution in [1.29, 1.82) is 0 Å². The standard InChI is InChI=1S/C11H14O2S2/c1-13-10-2-4-11(5-3-10)14-6-9-7-15(12)8-9/h2-5,9H,6-8H2,1H3. The van der Waals surface area contributed by atoms with E-state index in [1.807, 2.05) is 23.9 Å². The largest absolute Gasteiger partial charge is 0.497 e. The van der Waals surface area contributed by atoms with Gasteiger partial charge in [0.25, 0.3) is 0 Å². The van der Waals surface area contributed by atoms with Gasteiger partial charge in [-0.3, -0.25) is 4.21 Å². The van der Waals surface area contributed by atoms with E-state index in [1.54, 1.807) is 7.11 Å². The third-order valence-electron chi connectivity index (χ3n) is 2.39. The molecule has 0 spiro atoms. The number of hydrogen-bond donors (Lipinski definition) is 0. The summed E-state index contributed by atoms with van der Waals surface area (Å²) < 4.78 is 16.0. The summed E-state index contributed by atoms with van der Waals surface area (Å²) in [4.78, 5) is 1.26. The van der Waals surface area contributed by atoms with Gasteiger partial charge in [-0.25, -0.2) is 0 Å². The molecule has 82 valence electrons. The zero-order chi connectivity index (χ0) is 10.7. The maximum atomic E-state index is 10.9. The molecule has 1 aliphatic rings. The lowest BCUT2D eigenvalue weighted by molar-refractivity contribution is 0.414. The van der Waals surface area contributed by atoms with Crippen molar-refractivity contribution in [3.63, 3.8) is 0 Å². The highest BCUT2D eigenvalue weighted by atomic mass is 32.2. The molecule has 4 heteroatoms. The molecule has 0 saturated carbocycles. The van der Waals surface area contributed by atoms with Gasteiger partial charge in [0.15, 0.2) is 0 Å². The lowest BCUT2D eigenvalue weighted by Crippen LogP contribution is -2.32. The Labute approximate surface area is 96.9 Å². The first-order valence-corrected chi connectivity index (χ1v) is 7.37. The van der Waals surface area contributed by atoms with Crippen LogP contribution < -0.4 is 4.74 Å². The molecule has 0 aromatic heterocycles. The summed E-state index contributed by atoms with van der Waals surface area (Å²) in [6.07, 6.45) is 0. The van der Waals surface area contributed by atoms with Gasteiger partial charge in [0, 0.05) is 33.0 Å². The van der Waals surface area contributed by atoms with Crippen molar-refractivity contribution in [2.75, 3.05) is 24.4 Å². The topological polar surface area (TPSA) is 26.3 Å². The van der Waals surface area contributed by atoms with Crippen LogP contribution in [0, 0.1) is 5.92 Å². The number of hydrogen-bond acceptors (Lipinski definition) is 3. The average molecular weight is 242 g/mol. The van der Waals surface area contributed by atoms with Crippen LogP contribution in [0.5, 0.6) is 5.75 Å². The van der Waals surface area contributed by atoms with Gasteiger partial charge >= 0.3 is 0 Å². The first kappa shape index (κ1) is 11.0. The minimum Gasteiger partial charge on any atom is -0.497 e. The Hall–Kier alpha value is -0.480. The molecule has 15 heavy (non-hydrogen) atoms. The molecular formula is C11H14O2S2. The van der Waals surface area contributed by atoms with Gasteiger partial charge in [-0.2, -0.15) is 0 Å². The van der Waals surface area contributed by atoms with Gasteiger partial charge in [0.1, 0.15) is 5.75 Å². The molecule has 1 heterocycles. The van der Waals surface area contributed by atoms with E-state index in [2.05, 4.69) is 12.1 Å². The fourth-order valence-corrected chi connectivity index (χ4v) is 3.94. The van der Waals surface area contributed by atoms with Crippen LogP contribution in [0.1, 0.15) is 0 Å². The van der Waals surface area contributed by atoms with E-state index in [-0.39, 0.29) is 0 Å². The van der Waals surface area contributed by atoms with Crippen molar-refractivity contribution in [2.45, 2.75) is 4.90 Å². The van der Waals surface area contributed by atoms with Crippen LogP contribution in [0.4, 0.5) is 0 Å². The maximum absolute atomic E-state index is 10.9. The van der Waals surface area contributed by atoms with E-state index in [9.17, 15) is 4.21 Å². The molecule has 0 aliphatic carbocycles. The Morgan fingerprint density at radius 3 is 2.60 bits per heavy atom. The molecule has 2 rings (SSSR count). The van der Waals surface area contributed by atoms with Gasteiger partial charge in [-0.15, -0.1) is 11.8 Å². The van der Waals surface area contributed by atoms with Crippen molar-refractivity contribution in [2.24, 2.45) is 5.92 Å². The molecule has 1 aromatic rings. The zero-order valence-corrected chi connectivity index (χ0v) is 10.3. The van der Waals surface area contributed by atoms with Crippen LogP contribution in [0.25, 0.3) is 0 Å². The molecule has 2 nitrogen and oxygen atoms in total. The monoisotopic (exact) mass is 242 g/mol. The van der Waals surface area contributed by atoms with E-state index in [0.29, 0.717) is 5.92 Å². The normalized spacial score (nSPS) is 24.6. The third-order valence-corrected chi connectivity index (χ3v) is 5.32. The molecule has 1 saturated heterocycles. The van der Waals surface area contributed by atoms with Crippen LogP contribution in [0.2, 0.25) is 0 Å². The second-order valence-corrected chi connectivity index (χ2v) is 6.27. The average Bonchev–Trinajstić information content (AvgIpc) is 2.23. The van der Waals surface area contributed by atoms with Gasteiger partial charge in [-0.05, 0) is 30.2 Å². The van der Waals surface area contributed by atoms with E-state index < -0.39 is 10.8 Å². The highest BCUT2D eigenvalue weighted by Crippen LogP contribution is 2.26. The summed E-state index contributed by atoms with van der Waals surface area (Å²) >= 11 is 1.84. The van der Waals surface area contributed by atoms with Gasteiger partial charge in [-0.1, -0.05) is 0 Å². The van der Waals surface area contributed by atoms with Crippen molar-refractivity contribution in [3.05, 3.63) is 24.3 Å². The molecule has 1 aromatic carbocycles. The molecular weight excluding hydrogens is 228 g/mol. The van der Waals surface area contributed by atoms with Crippen molar-refractivity contribution in [1.82, 2.24) is 0 Å². The summed E-state index contributed by atoms with van der Waals surface area (Å²) in [6, 6.07) is 8.08. The first-order valence-electron chi connectivity index (χ1n) is 4.90. The Morgan fingerprint density at radius 2 is 2.07 bits per heavy atom. The Kier molecular flexibility index (Phi) is 3.70. The SMILES string of the molecule is COc1ccc(SCC2CS(=O)C2)cc1. The zero-order valence-electron chi connectivity index (χ0n) is 8.64. The summed E-state index contributed by atoms with van der Waals surface area (Å²) in [5, 5.41) is 0. The molecule has 0 N–H and O–H groups in total. The molecule has 1 aliphatic heterocycles. The molecule has 1 fully saturated rings. The second kappa shape index (κ2) is 5.03. The molecule has 0 amide bonds. The quantitative estimate of drug-likeness (QED) is 0.757. The lowest BCUT2D eigenvalue weighted by atomic mass is 10.2. The van der Waals surface area contributed by atoms with E-state index in [4.69, 9.17) is 4.74 Å². The summed E-state index contributed by atoms with van der Waals surface area (Å²) in [6.45, 7) is 0. The summed E-state index contributed by atoms with van der Waals surface area (Å²) in [5.74, 6) is 4.41. The van der Waals surface area contributed by atoms with Crippen LogP contribution in [0.15, 0.2) is 29.2 Å². The van der Waals surface area contributed by atoms with Gasteiger partial charge < -0.3 is 4.74 Å². The third kappa shape index (κ3) is 2.98. The molecule has 0 bridgehead atoms. The molecule has 0 unspecified atom stereocenters. The Bertz CT molecular complexity index is 340. The van der Waals surface area contributed by atoms with Crippen LogP contribution in [0.3, 0.4) is 0 Å². The van der Waals surface area contributed by atoms with Gasteiger partial charge in [0.05, 0.1) is 7.11 Å². The van der Waals surface area contributed by atoms with Crippen molar-refractivity contribution >= 4 is 22.6 Å². The number of benzene rings is 1. The smallest absolute Gasteiger partial charge is 0.118 e. The number of thioether (sulfide) groups is 1. The van der Waals surface area contributed by atoms with E-state index >= 15 is 0 Å². The Morgan fingerprint density at radius 1 is 1.40 bits per heavy atom. The number of rotatable bonds is 4. The summed E-state index contributed by atoms with van der Waals surface area (Å²) in [5.41, 5.74) is 0. The van der Waals surface area contributed by atoms with Gasteiger partial charge in [0.2, 0.25) is 0 Å². The van der Waals surface area contributed by atoms with E-state index in [0.717, 1.165) is 23.0 Å². The fraction of sp³-hybridized carbons (Fsp3) is 0.455. The van der Waals surface area contributed by atoms with Crippen LogP contribution >= 0.6 is 11.8 Å². The number of methoxy groups -OCH3 is 1. The predicted octanol–water partition coefficient (Wildman–Crippen LogP) is 2.17. The van der Waals surface area contributed by atoms with Crippen LogP contribution in [-0.4, -0.2) is 28.6 Å². The predicted molar refractivity (Wildman–Crippen MR) is 65.1 cm³/mol. The highest BCUT2D eigenvalue weighted by Gasteiger charge is 2.24. The molecule has 0 atom stereocenters. The first-order chi connectivity index (χ1) is 7.28. The maximum Gasteiger partial charge on any atom is 0.118 e. The highest BCUT2D eigenvalue weighted by molar-refractivity contribution is 7.99. The minimum atomic E-state index is -0.518. The lowest BCUT2D eigenvalue weighted by Gasteiger charge is -2.24. The van der Waals surface area contributed by atoms with Crippen LogP contribution in [-0.2, 0) is 10.8 Å². The summed E-state index contributed by atoms with van der Waals surface area (Å²) in [7, 11) is 1.15. The van der Waals surface area contributed by atoms with Crippen molar-refractivity contribution < 1.29 is 8.95 Å². The molecule has 0 radical (unpaired) electrons. The number of ether oxygens (including phenoxy) is 1. The van der Waals surface area contributed by atoms with E-state index in [1.165, 1.54) is 4.90 Å². The second-order valence-electron chi connectivity index (χ2n) is 3.63. The van der Waals surface area contributed by atoms with Crippen molar-refractivity contribution in [3.8, 4) is 5.75 Å².